The molecular formula is C20H28N4O2. The van der Waals surface area contributed by atoms with Crippen molar-refractivity contribution in [1.82, 2.24) is 19.7 Å². The molecule has 1 aliphatic heterocycles. The molecule has 6 heteroatoms. The van der Waals surface area contributed by atoms with Crippen molar-refractivity contribution in [3.63, 3.8) is 0 Å². The molecule has 2 aromatic rings. The summed E-state index contributed by atoms with van der Waals surface area (Å²) in [4.78, 5) is 19.3. The van der Waals surface area contributed by atoms with Crippen molar-refractivity contribution in [2.75, 3.05) is 13.1 Å². The molecule has 140 valence electrons. The molecule has 6 nitrogen and oxygen atoms in total. The standard InChI is InChI=1S/C20H28N4O2/c1-4-5-8-16-11-23(12-19(26-16)15(2)3)20(25)17-9-6-7-10-18(17)24-14-21-13-22-24/h6-7,9-10,13-16,19H,4-5,8,11-12H2,1-3H3/t16-,19-/m1/s1. The van der Waals surface area contributed by atoms with E-state index < -0.39 is 0 Å². The van der Waals surface area contributed by atoms with Gasteiger partial charge in [-0.05, 0) is 24.5 Å². The fraction of sp³-hybridized carbons (Fsp3) is 0.550. The topological polar surface area (TPSA) is 60.2 Å². The van der Waals surface area contributed by atoms with Gasteiger partial charge in [0.1, 0.15) is 12.7 Å². The van der Waals surface area contributed by atoms with Crippen molar-refractivity contribution >= 4 is 5.91 Å². The van der Waals surface area contributed by atoms with E-state index in [2.05, 4.69) is 30.9 Å². The first-order valence-electron chi connectivity index (χ1n) is 9.49. The first kappa shape index (κ1) is 18.6. The van der Waals surface area contributed by atoms with Crippen LogP contribution in [0.1, 0.15) is 50.4 Å². The van der Waals surface area contributed by atoms with Crippen molar-refractivity contribution in [2.24, 2.45) is 5.92 Å². The summed E-state index contributed by atoms with van der Waals surface area (Å²) in [5.41, 5.74) is 1.41. The summed E-state index contributed by atoms with van der Waals surface area (Å²) in [6.45, 7) is 7.76. The van der Waals surface area contributed by atoms with Gasteiger partial charge in [-0.15, -0.1) is 0 Å². The number of morpholine rings is 1. The molecule has 1 aliphatic rings. The van der Waals surface area contributed by atoms with E-state index in [9.17, 15) is 4.79 Å². The van der Waals surface area contributed by atoms with Crippen LogP contribution in [0.2, 0.25) is 0 Å². The van der Waals surface area contributed by atoms with Gasteiger partial charge in [-0.25, -0.2) is 9.67 Å². The Bertz CT molecular complexity index is 714. The van der Waals surface area contributed by atoms with Crippen molar-refractivity contribution in [1.29, 1.82) is 0 Å². The highest BCUT2D eigenvalue weighted by Gasteiger charge is 2.33. The normalized spacial score (nSPS) is 20.5. The van der Waals surface area contributed by atoms with Crippen LogP contribution in [0, 0.1) is 5.92 Å². The molecule has 0 unspecified atom stereocenters. The zero-order chi connectivity index (χ0) is 18.5. The fourth-order valence-corrected chi connectivity index (χ4v) is 3.35. The lowest BCUT2D eigenvalue weighted by atomic mass is 10.0. The molecule has 0 aliphatic carbocycles. The number of aromatic nitrogens is 3. The number of nitrogens with zero attached hydrogens (tertiary/aromatic N) is 4. The van der Waals surface area contributed by atoms with Gasteiger partial charge in [0.2, 0.25) is 0 Å². The molecule has 0 saturated carbocycles. The maximum absolute atomic E-state index is 13.3. The number of ether oxygens (including phenoxy) is 1. The van der Waals surface area contributed by atoms with Crippen molar-refractivity contribution in [2.45, 2.75) is 52.2 Å². The van der Waals surface area contributed by atoms with Crippen LogP contribution < -0.4 is 0 Å². The second-order valence-electron chi connectivity index (χ2n) is 7.25. The van der Waals surface area contributed by atoms with E-state index >= 15 is 0 Å². The number of rotatable bonds is 6. The maximum Gasteiger partial charge on any atom is 0.256 e. The molecule has 2 atom stereocenters. The molecule has 1 fully saturated rings. The molecule has 0 radical (unpaired) electrons. The zero-order valence-electron chi connectivity index (χ0n) is 15.8. The average molecular weight is 356 g/mol. The van der Waals surface area contributed by atoms with Crippen LogP contribution in [-0.4, -0.2) is 50.9 Å². The van der Waals surface area contributed by atoms with Crippen molar-refractivity contribution in [3.05, 3.63) is 42.5 Å². The maximum atomic E-state index is 13.3. The van der Waals surface area contributed by atoms with Crippen LogP contribution in [0.25, 0.3) is 5.69 Å². The Morgan fingerprint density at radius 3 is 2.81 bits per heavy atom. The van der Waals surface area contributed by atoms with Crippen LogP contribution in [0.4, 0.5) is 0 Å². The number of para-hydroxylation sites is 1. The van der Waals surface area contributed by atoms with Crippen LogP contribution in [0.3, 0.4) is 0 Å². The minimum atomic E-state index is 0.0338. The number of carbonyl (C=O) groups is 1. The van der Waals surface area contributed by atoms with E-state index in [0.717, 1.165) is 24.9 Å². The summed E-state index contributed by atoms with van der Waals surface area (Å²) in [7, 11) is 0. The van der Waals surface area contributed by atoms with E-state index in [1.807, 2.05) is 29.2 Å². The fourth-order valence-electron chi connectivity index (χ4n) is 3.35. The summed E-state index contributed by atoms with van der Waals surface area (Å²) < 4.78 is 7.89. The van der Waals surface area contributed by atoms with Gasteiger partial charge in [0.05, 0.1) is 23.5 Å². The third-order valence-electron chi connectivity index (χ3n) is 4.90. The zero-order valence-corrected chi connectivity index (χ0v) is 15.8. The van der Waals surface area contributed by atoms with Crippen LogP contribution in [-0.2, 0) is 4.74 Å². The Morgan fingerprint density at radius 1 is 1.31 bits per heavy atom. The van der Waals surface area contributed by atoms with E-state index in [0.29, 0.717) is 24.6 Å². The molecule has 1 saturated heterocycles. The monoisotopic (exact) mass is 356 g/mol. The molecule has 1 aromatic carbocycles. The lowest BCUT2D eigenvalue weighted by molar-refractivity contribution is -0.0962. The summed E-state index contributed by atoms with van der Waals surface area (Å²) >= 11 is 0. The smallest absolute Gasteiger partial charge is 0.256 e. The highest BCUT2D eigenvalue weighted by Crippen LogP contribution is 2.24. The number of unbranched alkanes of at least 4 members (excludes halogenated alkanes) is 1. The van der Waals surface area contributed by atoms with E-state index in [-0.39, 0.29) is 18.1 Å². The molecular weight excluding hydrogens is 328 g/mol. The Hall–Kier alpha value is -2.21. The third kappa shape index (κ3) is 4.12. The SMILES string of the molecule is CCCC[C@@H]1CN(C(=O)c2ccccc2-n2cncn2)C[C@H](C(C)C)O1. The second kappa shape index (κ2) is 8.45. The molecule has 0 bridgehead atoms. The average Bonchev–Trinajstić information content (AvgIpc) is 3.20. The Kier molecular flexibility index (Phi) is 6.04. The molecule has 0 spiro atoms. The lowest BCUT2D eigenvalue weighted by Gasteiger charge is -2.40. The Morgan fingerprint density at radius 2 is 2.12 bits per heavy atom. The quantitative estimate of drug-likeness (QED) is 0.797. The number of amides is 1. The van der Waals surface area contributed by atoms with Crippen molar-refractivity contribution in [3.8, 4) is 5.69 Å². The second-order valence-corrected chi connectivity index (χ2v) is 7.25. The predicted octanol–water partition coefficient (Wildman–Crippen LogP) is 3.32. The Balaban J connectivity index is 1.84. The van der Waals surface area contributed by atoms with Gasteiger partial charge in [-0.1, -0.05) is 45.7 Å². The first-order valence-corrected chi connectivity index (χ1v) is 9.49. The predicted molar refractivity (Wildman–Crippen MR) is 100 cm³/mol. The number of benzene rings is 1. The number of hydrogen-bond acceptors (Lipinski definition) is 4. The minimum absolute atomic E-state index is 0.0338. The van der Waals surface area contributed by atoms with Gasteiger partial charge >= 0.3 is 0 Å². The van der Waals surface area contributed by atoms with Crippen molar-refractivity contribution < 1.29 is 9.53 Å². The van der Waals surface area contributed by atoms with E-state index in [4.69, 9.17) is 4.74 Å². The van der Waals surface area contributed by atoms with Crippen LogP contribution in [0.5, 0.6) is 0 Å². The van der Waals surface area contributed by atoms with Gasteiger partial charge in [0.25, 0.3) is 5.91 Å². The van der Waals surface area contributed by atoms with Gasteiger partial charge in [0, 0.05) is 13.1 Å². The molecule has 0 N–H and O–H groups in total. The first-order chi connectivity index (χ1) is 12.6. The Labute approximate surface area is 155 Å². The lowest BCUT2D eigenvalue weighted by Crippen LogP contribution is -2.51. The summed E-state index contributed by atoms with van der Waals surface area (Å²) in [6.07, 6.45) is 6.53. The summed E-state index contributed by atoms with van der Waals surface area (Å²) in [5.74, 6) is 0.409. The summed E-state index contributed by atoms with van der Waals surface area (Å²) in [5, 5.41) is 4.18. The van der Waals surface area contributed by atoms with Gasteiger partial charge in [-0.2, -0.15) is 5.10 Å². The van der Waals surface area contributed by atoms with Crippen LogP contribution >= 0.6 is 0 Å². The van der Waals surface area contributed by atoms with E-state index in [1.165, 1.54) is 6.33 Å². The highest BCUT2D eigenvalue weighted by atomic mass is 16.5. The largest absolute Gasteiger partial charge is 0.371 e. The highest BCUT2D eigenvalue weighted by molar-refractivity contribution is 5.97. The van der Waals surface area contributed by atoms with Gasteiger partial charge < -0.3 is 9.64 Å². The molecule has 1 aromatic heterocycles. The number of hydrogen-bond donors (Lipinski definition) is 0. The van der Waals surface area contributed by atoms with Gasteiger partial charge in [0.15, 0.2) is 0 Å². The molecule has 2 heterocycles. The van der Waals surface area contributed by atoms with Crippen LogP contribution in [0.15, 0.2) is 36.9 Å². The number of carbonyl (C=O) groups excluding carboxylic acids is 1. The molecule has 1 amide bonds. The summed E-state index contributed by atoms with van der Waals surface area (Å²) in [6, 6.07) is 7.56. The molecule has 3 rings (SSSR count). The molecule has 26 heavy (non-hydrogen) atoms. The van der Waals surface area contributed by atoms with E-state index in [1.54, 1.807) is 11.0 Å². The third-order valence-corrected chi connectivity index (χ3v) is 4.90. The van der Waals surface area contributed by atoms with Gasteiger partial charge in [-0.3, -0.25) is 4.79 Å². The minimum Gasteiger partial charge on any atom is -0.371 e.